The van der Waals surface area contributed by atoms with Gasteiger partial charge in [0.1, 0.15) is 11.6 Å². The minimum absolute atomic E-state index is 0.0169. The predicted octanol–water partition coefficient (Wildman–Crippen LogP) is 9.06. The van der Waals surface area contributed by atoms with E-state index in [9.17, 15) is 19.2 Å². The number of amides is 4. The maximum absolute atomic E-state index is 13.6. The molecule has 16 heteroatoms. The largest absolute Gasteiger partial charge is 0.453 e. The summed E-state index contributed by atoms with van der Waals surface area (Å²) >= 11 is 0. The molecule has 4 fully saturated rings. The van der Waals surface area contributed by atoms with Crippen LogP contribution in [0.4, 0.5) is 9.59 Å². The lowest BCUT2D eigenvalue weighted by atomic mass is 9.91. The standard InChI is InChI=1S/C41H46N6O3.C7H14O.2C2H5NO2/c1-24-6-14-36(46(24)23-48)40-42-22-35(44-40)33-12-11-29(31-4-3-5-32(31)33)27-8-10-30-28(21-27)9-13-34-39(30)45-41(43-34)37-15-7-25(2)47(37)38(49)20-26-16-18-50-19-17-26;1-2-7-3-5-8-6-4-7;2*1-5-2(3)4/h8-13,21-26,36-37H,3-7,14-20H2,1-2H3,(H,42,44)(H,43,45);7H,2-6H2,1H3;2*1H3,(H2,3,4). The van der Waals surface area contributed by atoms with Crippen LogP contribution in [0.3, 0.4) is 0 Å². The van der Waals surface area contributed by atoms with Crippen molar-refractivity contribution in [3.05, 3.63) is 71.4 Å². The van der Waals surface area contributed by atoms with Gasteiger partial charge in [-0.15, -0.1) is 0 Å². The van der Waals surface area contributed by atoms with Crippen molar-refractivity contribution in [1.29, 1.82) is 0 Å². The molecule has 4 saturated heterocycles. The van der Waals surface area contributed by atoms with Crippen LogP contribution >= 0.6 is 0 Å². The summed E-state index contributed by atoms with van der Waals surface area (Å²) in [5.41, 5.74) is 18.4. The van der Waals surface area contributed by atoms with Crippen LogP contribution in [0, 0.1) is 11.8 Å². The highest BCUT2D eigenvalue weighted by atomic mass is 16.5. The Morgan fingerprint density at radius 2 is 1.38 bits per heavy atom. The Kier molecular flexibility index (Phi) is 17.1. The number of likely N-dealkylation sites (tertiary alicyclic amines) is 2. The van der Waals surface area contributed by atoms with Gasteiger partial charge in [0.25, 0.3) is 0 Å². The fraction of sp³-hybridized carbons (Fsp3) is 0.538. The highest BCUT2D eigenvalue weighted by Gasteiger charge is 2.38. The number of carbonyl (C=O) groups excluding carboxylic acids is 4. The van der Waals surface area contributed by atoms with Gasteiger partial charge in [-0.2, -0.15) is 0 Å². The molecule has 1 aliphatic carbocycles. The van der Waals surface area contributed by atoms with Crippen LogP contribution in [0.5, 0.6) is 0 Å². The number of methoxy groups -OCH3 is 2. The molecule has 5 aliphatic rings. The number of aromatic nitrogens is 4. The summed E-state index contributed by atoms with van der Waals surface area (Å²) < 4.78 is 18.5. The molecule has 2 aromatic heterocycles. The molecule has 4 aliphatic heterocycles. The lowest BCUT2D eigenvalue weighted by molar-refractivity contribution is -0.135. The number of fused-ring (bicyclic) bond motifs is 4. The van der Waals surface area contributed by atoms with Crippen molar-refractivity contribution < 1.29 is 38.1 Å². The molecule has 0 bridgehead atoms. The highest BCUT2D eigenvalue weighted by molar-refractivity contribution is 6.05. The summed E-state index contributed by atoms with van der Waals surface area (Å²) in [6, 6.07) is 16.1. The second-order valence-electron chi connectivity index (χ2n) is 18.7. The Labute approximate surface area is 399 Å². The van der Waals surface area contributed by atoms with Crippen LogP contribution in [0.25, 0.3) is 44.2 Å². The number of benzene rings is 3. The van der Waals surface area contributed by atoms with Gasteiger partial charge < -0.3 is 50.2 Å². The third-order valence-electron chi connectivity index (χ3n) is 14.5. The van der Waals surface area contributed by atoms with Crippen molar-refractivity contribution in [2.75, 3.05) is 40.6 Å². The number of aromatic amines is 2. The average Bonchev–Trinajstić information content (AvgIpc) is 4.23. The van der Waals surface area contributed by atoms with Gasteiger partial charge in [-0.1, -0.05) is 43.7 Å². The van der Waals surface area contributed by atoms with Crippen LogP contribution in [0.2, 0.25) is 0 Å². The van der Waals surface area contributed by atoms with E-state index in [0.717, 1.165) is 130 Å². The normalized spacial score (nSPS) is 21.5. The summed E-state index contributed by atoms with van der Waals surface area (Å²) in [5.74, 6) is 3.41. The highest BCUT2D eigenvalue weighted by Crippen LogP contribution is 2.42. The van der Waals surface area contributed by atoms with Crippen molar-refractivity contribution in [2.45, 2.75) is 128 Å². The van der Waals surface area contributed by atoms with E-state index in [1.807, 2.05) is 11.1 Å². The maximum Gasteiger partial charge on any atom is 0.404 e. The van der Waals surface area contributed by atoms with Crippen molar-refractivity contribution >= 4 is 46.3 Å². The van der Waals surface area contributed by atoms with Gasteiger partial charge in [-0.05, 0) is 136 Å². The zero-order valence-electron chi connectivity index (χ0n) is 40.4. The molecule has 0 spiro atoms. The number of nitrogens with two attached hydrogens (primary N) is 2. The Bertz CT molecular complexity index is 2500. The quantitative estimate of drug-likeness (QED) is 0.108. The molecule has 4 unspecified atom stereocenters. The molecule has 5 aromatic rings. The number of carbonyl (C=O) groups is 4. The molecule has 3 aromatic carbocycles. The van der Waals surface area contributed by atoms with E-state index in [0.29, 0.717) is 12.3 Å². The number of imidazole rings is 2. The summed E-state index contributed by atoms with van der Waals surface area (Å²) in [4.78, 5) is 65.3. The summed E-state index contributed by atoms with van der Waals surface area (Å²) in [5, 5.41) is 2.29. The van der Waals surface area contributed by atoms with Crippen LogP contribution in [0.15, 0.2) is 48.7 Å². The molecule has 6 heterocycles. The zero-order chi connectivity index (χ0) is 48.3. The topological polar surface area (TPSA) is 221 Å². The van der Waals surface area contributed by atoms with Gasteiger partial charge in [0.2, 0.25) is 12.3 Å². The molecular formula is C52H70N8O8. The smallest absolute Gasteiger partial charge is 0.404 e. The molecule has 68 heavy (non-hydrogen) atoms. The zero-order valence-corrected chi connectivity index (χ0v) is 40.4. The molecule has 0 saturated carbocycles. The number of nitrogens with zero attached hydrogens (tertiary/aromatic N) is 4. The SMILES string of the molecule is CC1CCC(c2ncc(-c3ccc(-c4ccc5c(ccc6[nH]c(C7CCC(C)N7C(=O)CC7CCOCC7)nc65)c4)c4c3CCC4)[nH]2)N1C=O.CCC1CCOCC1.COC(N)=O.COC(N)=O. The van der Waals surface area contributed by atoms with Crippen LogP contribution < -0.4 is 11.5 Å². The minimum Gasteiger partial charge on any atom is -0.453 e. The monoisotopic (exact) mass is 935 g/mol. The third-order valence-corrected chi connectivity index (χ3v) is 14.5. The van der Waals surface area contributed by atoms with Gasteiger partial charge in [0.05, 0.1) is 49.2 Å². The van der Waals surface area contributed by atoms with E-state index < -0.39 is 12.2 Å². The summed E-state index contributed by atoms with van der Waals surface area (Å²) in [6.45, 7) is 10.1. The fourth-order valence-electron chi connectivity index (χ4n) is 10.6. The van der Waals surface area contributed by atoms with Crippen LogP contribution in [0.1, 0.15) is 126 Å². The number of rotatable bonds is 8. The van der Waals surface area contributed by atoms with E-state index in [1.165, 1.54) is 66.7 Å². The van der Waals surface area contributed by atoms with Gasteiger partial charge in [0.15, 0.2) is 0 Å². The first-order valence-corrected chi connectivity index (χ1v) is 24.4. The second-order valence-corrected chi connectivity index (χ2v) is 18.7. The fourth-order valence-corrected chi connectivity index (χ4v) is 10.6. The first-order valence-electron chi connectivity index (χ1n) is 24.4. The molecule has 4 amide bonds. The van der Waals surface area contributed by atoms with Gasteiger partial charge >= 0.3 is 12.2 Å². The second kappa shape index (κ2) is 23.3. The van der Waals surface area contributed by atoms with E-state index in [1.54, 1.807) is 0 Å². The van der Waals surface area contributed by atoms with Gasteiger partial charge in [-0.25, -0.2) is 19.6 Å². The van der Waals surface area contributed by atoms with Gasteiger partial charge in [-0.3, -0.25) is 9.59 Å². The molecular weight excluding hydrogens is 865 g/mol. The number of ether oxygens (including phenoxy) is 4. The Balaban J connectivity index is 0.000000322. The molecule has 10 rings (SSSR count). The first kappa shape index (κ1) is 49.9. The van der Waals surface area contributed by atoms with Crippen molar-refractivity contribution in [2.24, 2.45) is 23.3 Å². The maximum atomic E-state index is 13.6. The van der Waals surface area contributed by atoms with Crippen LogP contribution in [-0.4, -0.2) is 107 Å². The van der Waals surface area contributed by atoms with E-state index >= 15 is 0 Å². The number of hydrogen-bond donors (Lipinski definition) is 4. The summed E-state index contributed by atoms with van der Waals surface area (Å²) in [6.07, 6.45) is 15.0. The van der Waals surface area contributed by atoms with E-state index in [4.69, 9.17) is 19.4 Å². The number of H-pyrrole nitrogens is 2. The molecule has 16 nitrogen and oxygen atoms in total. The molecule has 6 N–H and O–H groups in total. The third kappa shape index (κ3) is 11.6. The molecule has 4 atom stereocenters. The van der Waals surface area contributed by atoms with E-state index in [2.05, 4.69) is 99.0 Å². The number of primary amides is 2. The minimum atomic E-state index is -0.745. The Morgan fingerprint density at radius 3 is 2.01 bits per heavy atom. The first-order chi connectivity index (χ1) is 32.9. The number of nitrogens with one attached hydrogen (secondary N) is 2. The van der Waals surface area contributed by atoms with Crippen molar-refractivity contribution in [3.63, 3.8) is 0 Å². The molecule has 0 radical (unpaired) electrons. The van der Waals surface area contributed by atoms with E-state index in [-0.39, 0.29) is 30.1 Å². The lowest BCUT2D eigenvalue weighted by Crippen LogP contribution is -2.37. The average molecular weight is 935 g/mol. The molecule has 366 valence electrons. The Morgan fingerprint density at radius 1 is 0.765 bits per heavy atom. The number of hydrogen-bond acceptors (Lipinski definition) is 10. The summed E-state index contributed by atoms with van der Waals surface area (Å²) in [7, 11) is 2.45. The van der Waals surface area contributed by atoms with Crippen molar-refractivity contribution in [1.82, 2.24) is 29.7 Å². The van der Waals surface area contributed by atoms with Crippen LogP contribution in [-0.2, 0) is 41.4 Å². The lowest BCUT2D eigenvalue weighted by Gasteiger charge is -2.30. The van der Waals surface area contributed by atoms with Crippen molar-refractivity contribution in [3.8, 4) is 22.4 Å². The Hall–Kier alpha value is -6.00. The van der Waals surface area contributed by atoms with Gasteiger partial charge in [0, 0.05) is 55.9 Å². The predicted molar refractivity (Wildman–Crippen MR) is 261 cm³/mol.